The van der Waals surface area contributed by atoms with Crippen molar-refractivity contribution in [3.05, 3.63) is 0 Å². The van der Waals surface area contributed by atoms with Crippen LogP contribution in [0.5, 0.6) is 0 Å². The smallest absolute Gasteiger partial charge is 0.0524 e. The average molecular weight is 216 g/mol. The standard InChI is InChI=1S/C12H28N2O/c1-10(2)13-8-11(3)9-14(5)7-6-12(4)15/h10-13,15H,6-9H2,1-5H3. The van der Waals surface area contributed by atoms with Crippen molar-refractivity contribution in [2.24, 2.45) is 5.92 Å². The van der Waals surface area contributed by atoms with E-state index in [1.54, 1.807) is 0 Å². The highest BCUT2D eigenvalue weighted by atomic mass is 16.3. The fourth-order valence-corrected chi connectivity index (χ4v) is 1.53. The zero-order valence-corrected chi connectivity index (χ0v) is 11.0. The molecule has 0 rings (SSSR count). The second kappa shape index (κ2) is 8.08. The molecule has 15 heavy (non-hydrogen) atoms. The lowest BCUT2D eigenvalue weighted by Crippen LogP contribution is -2.34. The van der Waals surface area contributed by atoms with Crippen LogP contribution >= 0.6 is 0 Å². The third-order valence-corrected chi connectivity index (χ3v) is 2.43. The van der Waals surface area contributed by atoms with E-state index in [1.807, 2.05) is 6.92 Å². The minimum atomic E-state index is -0.184. The molecule has 0 radical (unpaired) electrons. The van der Waals surface area contributed by atoms with Crippen molar-refractivity contribution in [1.29, 1.82) is 0 Å². The van der Waals surface area contributed by atoms with Crippen LogP contribution in [0.2, 0.25) is 0 Å². The first-order chi connectivity index (χ1) is 6.91. The molecule has 3 nitrogen and oxygen atoms in total. The maximum atomic E-state index is 9.17. The summed E-state index contributed by atoms with van der Waals surface area (Å²) in [5, 5.41) is 12.6. The highest BCUT2D eigenvalue weighted by molar-refractivity contribution is 4.64. The Kier molecular flexibility index (Phi) is 8.02. The van der Waals surface area contributed by atoms with Gasteiger partial charge in [-0.2, -0.15) is 0 Å². The third-order valence-electron chi connectivity index (χ3n) is 2.43. The van der Waals surface area contributed by atoms with Crippen LogP contribution in [0.25, 0.3) is 0 Å². The van der Waals surface area contributed by atoms with Gasteiger partial charge in [-0.3, -0.25) is 0 Å². The molecule has 0 saturated heterocycles. The van der Waals surface area contributed by atoms with Crippen LogP contribution in [-0.4, -0.2) is 48.8 Å². The summed E-state index contributed by atoms with van der Waals surface area (Å²) in [6.07, 6.45) is 0.678. The van der Waals surface area contributed by atoms with Crippen molar-refractivity contribution >= 4 is 0 Å². The summed E-state index contributed by atoms with van der Waals surface area (Å²) in [6.45, 7) is 11.6. The summed E-state index contributed by atoms with van der Waals surface area (Å²) in [6, 6.07) is 0.565. The molecule has 0 spiro atoms. The van der Waals surface area contributed by atoms with Gasteiger partial charge in [0.2, 0.25) is 0 Å². The van der Waals surface area contributed by atoms with Crippen LogP contribution in [-0.2, 0) is 0 Å². The molecule has 0 aliphatic heterocycles. The van der Waals surface area contributed by atoms with Crippen molar-refractivity contribution in [2.45, 2.75) is 46.3 Å². The summed E-state index contributed by atoms with van der Waals surface area (Å²) in [4.78, 5) is 2.29. The Bertz CT molecular complexity index is 133. The predicted octanol–water partition coefficient (Wildman–Crippen LogP) is 1.32. The molecular weight excluding hydrogens is 188 g/mol. The van der Waals surface area contributed by atoms with Gasteiger partial charge in [0.1, 0.15) is 0 Å². The summed E-state index contributed by atoms with van der Waals surface area (Å²) in [7, 11) is 2.12. The van der Waals surface area contributed by atoms with Gasteiger partial charge in [-0.25, -0.2) is 0 Å². The van der Waals surface area contributed by atoms with E-state index in [0.717, 1.165) is 26.1 Å². The average Bonchev–Trinajstić information content (AvgIpc) is 2.11. The molecule has 3 heteroatoms. The van der Waals surface area contributed by atoms with Gasteiger partial charge in [0.05, 0.1) is 6.10 Å². The van der Waals surface area contributed by atoms with Crippen LogP contribution in [0.1, 0.15) is 34.1 Å². The van der Waals surface area contributed by atoms with E-state index < -0.39 is 0 Å². The minimum Gasteiger partial charge on any atom is -0.393 e. The van der Waals surface area contributed by atoms with Crippen molar-refractivity contribution in [2.75, 3.05) is 26.7 Å². The fourth-order valence-electron chi connectivity index (χ4n) is 1.53. The monoisotopic (exact) mass is 216 g/mol. The molecule has 0 aromatic heterocycles. The van der Waals surface area contributed by atoms with E-state index in [1.165, 1.54) is 0 Å². The van der Waals surface area contributed by atoms with Crippen molar-refractivity contribution < 1.29 is 5.11 Å². The van der Waals surface area contributed by atoms with Crippen LogP contribution in [0, 0.1) is 5.92 Å². The number of aliphatic hydroxyl groups excluding tert-OH is 1. The lowest BCUT2D eigenvalue weighted by Gasteiger charge is -2.22. The van der Waals surface area contributed by atoms with E-state index in [0.29, 0.717) is 12.0 Å². The Balaban J connectivity index is 3.52. The second-order valence-corrected chi connectivity index (χ2v) is 5.07. The van der Waals surface area contributed by atoms with Gasteiger partial charge in [-0.15, -0.1) is 0 Å². The van der Waals surface area contributed by atoms with E-state index in [9.17, 15) is 5.11 Å². The highest BCUT2D eigenvalue weighted by Crippen LogP contribution is 1.99. The van der Waals surface area contributed by atoms with Crippen LogP contribution in [0.4, 0.5) is 0 Å². The lowest BCUT2D eigenvalue weighted by molar-refractivity contribution is 0.159. The van der Waals surface area contributed by atoms with Crippen molar-refractivity contribution in [3.63, 3.8) is 0 Å². The third kappa shape index (κ3) is 10.2. The first-order valence-corrected chi connectivity index (χ1v) is 6.01. The number of nitrogens with one attached hydrogen (secondary N) is 1. The summed E-state index contributed by atoms with van der Waals surface area (Å²) in [5.74, 6) is 0.659. The maximum Gasteiger partial charge on any atom is 0.0524 e. The molecule has 0 aliphatic rings. The van der Waals surface area contributed by atoms with Gasteiger partial charge in [-0.1, -0.05) is 20.8 Å². The van der Waals surface area contributed by atoms with Crippen LogP contribution in [0.15, 0.2) is 0 Å². The molecule has 0 bridgehead atoms. The fraction of sp³-hybridized carbons (Fsp3) is 1.00. The molecule has 2 unspecified atom stereocenters. The van der Waals surface area contributed by atoms with Gasteiger partial charge in [-0.05, 0) is 32.9 Å². The van der Waals surface area contributed by atoms with Gasteiger partial charge >= 0.3 is 0 Å². The SMILES string of the molecule is CC(O)CCN(C)CC(C)CNC(C)C. The van der Waals surface area contributed by atoms with E-state index in [-0.39, 0.29) is 6.10 Å². The Morgan fingerprint density at radius 1 is 1.20 bits per heavy atom. The van der Waals surface area contributed by atoms with E-state index in [2.05, 4.69) is 38.0 Å². The Labute approximate surface area is 94.9 Å². The maximum absolute atomic E-state index is 9.17. The molecular formula is C12H28N2O. The molecule has 0 aliphatic carbocycles. The lowest BCUT2D eigenvalue weighted by atomic mass is 10.1. The first-order valence-electron chi connectivity index (χ1n) is 6.01. The van der Waals surface area contributed by atoms with E-state index >= 15 is 0 Å². The largest absolute Gasteiger partial charge is 0.393 e. The summed E-state index contributed by atoms with van der Waals surface area (Å²) >= 11 is 0. The zero-order chi connectivity index (χ0) is 11.8. The highest BCUT2D eigenvalue weighted by Gasteiger charge is 2.07. The van der Waals surface area contributed by atoms with Gasteiger partial charge in [0.15, 0.2) is 0 Å². The molecule has 2 N–H and O–H groups in total. The number of rotatable bonds is 8. The van der Waals surface area contributed by atoms with Gasteiger partial charge in [0, 0.05) is 19.1 Å². The molecule has 92 valence electrons. The number of hydrogen-bond acceptors (Lipinski definition) is 3. The Hall–Kier alpha value is -0.120. The molecule has 0 saturated carbocycles. The van der Waals surface area contributed by atoms with Crippen LogP contribution < -0.4 is 5.32 Å². The van der Waals surface area contributed by atoms with Crippen LogP contribution in [0.3, 0.4) is 0 Å². The topological polar surface area (TPSA) is 35.5 Å². The van der Waals surface area contributed by atoms with Crippen molar-refractivity contribution in [1.82, 2.24) is 10.2 Å². The molecule has 0 heterocycles. The molecule has 0 aromatic rings. The quantitative estimate of drug-likeness (QED) is 0.642. The molecule has 2 atom stereocenters. The predicted molar refractivity (Wildman–Crippen MR) is 66.1 cm³/mol. The van der Waals surface area contributed by atoms with Gasteiger partial charge < -0.3 is 15.3 Å². The minimum absolute atomic E-state index is 0.184. The summed E-state index contributed by atoms with van der Waals surface area (Å²) in [5.41, 5.74) is 0. The molecule has 0 fully saturated rings. The number of aliphatic hydroxyl groups is 1. The Morgan fingerprint density at radius 2 is 1.80 bits per heavy atom. The number of nitrogens with zero attached hydrogens (tertiary/aromatic N) is 1. The van der Waals surface area contributed by atoms with Gasteiger partial charge in [0.25, 0.3) is 0 Å². The molecule has 0 aromatic carbocycles. The first kappa shape index (κ1) is 14.9. The van der Waals surface area contributed by atoms with Crippen molar-refractivity contribution in [3.8, 4) is 0 Å². The summed E-state index contributed by atoms with van der Waals surface area (Å²) < 4.78 is 0. The second-order valence-electron chi connectivity index (χ2n) is 5.07. The normalized spacial score (nSPS) is 16.0. The van der Waals surface area contributed by atoms with E-state index in [4.69, 9.17) is 0 Å². The Morgan fingerprint density at radius 3 is 2.27 bits per heavy atom. The number of hydrogen-bond donors (Lipinski definition) is 2. The zero-order valence-electron chi connectivity index (χ0n) is 11.0. The molecule has 0 amide bonds.